The van der Waals surface area contributed by atoms with E-state index in [9.17, 15) is 14.4 Å². The Balaban J connectivity index is -0.000000313. The Morgan fingerprint density at radius 2 is 1.32 bits per heavy atom. The summed E-state index contributed by atoms with van der Waals surface area (Å²) in [4.78, 5) is 36.9. The molecule has 1 heterocycles. The predicted molar refractivity (Wildman–Crippen MR) is 76.1 cm³/mol. The van der Waals surface area contributed by atoms with Gasteiger partial charge in [-0.25, -0.2) is 4.79 Å². The molecule has 0 N–H and O–H groups in total. The lowest BCUT2D eigenvalue weighted by atomic mass is 10.4. The number of hydroxylamine groups is 2. The second-order valence-corrected chi connectivity index (χ2v) is 3.11. The molecule has 5 nitrogen and oxygen atoms in total. The maximum Gasteiger partial charge on any atom is 0.332 e. The van der Waals surface area contributed by atoms with Crippen LogP contribution in [-0.2, 0) is 19.2 Å². The summed E-state index contributed by atoms with van der Waals surface area (Å²) < 4.78 is 0. The van der Waals surface area contributed by atoms with Crippen LogP contribution in [0.25, 0.3) is 0 Å². The number of rotatable bonds is 2. The fourth-order valence-corrected chi connectivity index (χ4v) is 0.824. The van der Waals surface area contributed by atoms with Crippen molar-refractivity contribution in [3.63, 3.8) is 0 Å². The van der Waals surface area contributed by atoms with Crippen LogP contribution in [0.15, 0.2) is 0 Å². The molecule has 1 saturated heterocycles. The summed E-state index contributed by atoms with van der Waals surface area (Å²) in [5, 5.41) is 0.547. The average Bonchev–Trinajstić information content (AvgIpc) is 2.76. The lowest BCUT2D eigenvalue weighted by molar-refractivity contribution is -0.197. The molecule has 0 aliphatic carbocycles. The molecule has 1 aliphatic heterocycles. The van der Waals surface area contributed by atoms with Crippen LogP contribution in [0.5, 0.6) is 0 Å². The van der Waals surface area contributed by atoms with E-state index in [0.29, 0.717) is 5.06 Å². The molecule has 1 fully saturated rings. The van der Waals surface area contributed by atoms with Gasteiger partial charge in [0, 0.05) is 19.3 Å². The maximum absolute atomic E-state index is 10.9. The third-order valence-electron chi connectivity index (χ3n) is 1.49. The first-order valence-corrected chi connectivity index (χ1v) is 7.13. The molecule has 0 bridgehead atoms. The summed E-state index contributed by atoms with van der Waals surface area (Å²) in [6.45, 7) is 13.8. The SMILES string of the molecule is CC.CC.CCC.CCC(=O)ON1C(=O)CCC1=O. The topological polar surface area (TPSA) is 63.7 Å². The number of amides is 2. The normalized spacial score (nSPS) is 12.3. The molecule has 0 radical (unpaired) electrons. The van der Waals surface area contributed by atoms with Gasteiger partial charge in [0.2, 0.25) is 0 Å². The molecular weight excluding hydrogens is 246 g/mol. The zero-order valence-corrected chi connectivity index (χ0v) is 13.4. The van der Waals surface area contributed by atoms with Crippen LogP contribution in [0.1, 0.15) is 74.1 Å². The molecule has 0 unspecified atom stereocenters. The minimum Gasteiger partial charge on any atom is -0.330 e. The Kier molecular flexibility index (Phi) is 19.9. The quantitative estimate of drug-likeness (QED) is 0.724. The molecule has 1 rings (SSSR count). The zero-order valence-electron chi connectivity index (χ0n) is 13.4. The second-order valence-electron chi connectivity index (χ2n) is 3.11. The molecule has 0 aromatic heterocycles. The molecule has 0 saturated carbocycles. The molecule has 1 aliphatic rings. The summed E-state index contributed by atoms with van der Waals surface area (Å²) >= 11 is 0. The van der Waals surface area contributed by atoms with Gasteiger partial charge >= 0.3 is 5.97 Å². The van der Waals surface area contributed by atoms with Crippen LogP contribution < -0.4 is 0 Å². The van der Waals surface area contributed by atoms with Crippen molar-refractivity contribution in [1.82, 2.24) is 5.06 Å². The number of imide groups is 1. The van der Waals surface area contributed by atoms with E-state index < -0.39 is 17.8 Å². The molecule has 0 atom stereocenters. The van der Waals surface area contributed by atoms with Crippen molar-refractivity contribution in [2.24, 2.45) is 0 Å². The minimum absolute atomic E-state index is 0.135. The van der Waals surface area contributed by atoms with Gasteiger partial charge in [-0.1, -0.05) is 54.9 Å². The fourth-order valence-electron chi connectivity index (χ4n) is 0.824. The van der Waals surface area contributed by atoms with Crippen molar-refractivity contribution < 1.29 is 19.2 Å². The molecule has 0 spiro atoms. The predicted octanol–water partition coefficient (Wildman–Crippen LogP) is 3.47. The van der Waals surface area contributed by atoms with Crippen molar-refractivity contribution in [2.45, 2.75) is 74.1 Å². The Labute approximate surface area is 117 Å². The average molecular weight is 275 g/mol. The van der Waals surface area contributed by atoms with Crippen LogP contribution in [0.3, 0.4) is 0 Å². The fraction of sp³-hybridized carbons (Fsp3) is 0.786. The minimum atomic E-state index is -0.571. The molecule has 2 amide bonds. The van der Waals surface area contributed by atoms with Crippen molar-refractivity contribution in [3.8, 4) is 0 Å². The van der Waals surface area contributed by atoms with Gasteiger partial charge in [-0.15, -0.1) is 5.06 Å². The van der Waals surface area contributed by atoms with E-state index in [0.717, 1.165) is 0 Å². The van der Waals surface area contributed by atoms with E-state index in [1.165, 1.54) is 6.42 Å². The highest BCUT2D eigenvalue weighted by Gasteiger charge is 2.32. The Morgan fingerprint density at radius 3 is 1.58 bits per heavy atom. The third kappa shape index (κ3) is 11.4. The lowest BCUT2D eigenvalue weighted by Gasteiger charge is -2.10. The lowest BCUT2D eigenvalue weighted by Crippen LogP contribution is -2.31. The van der Waals surface area contributed by atoms with Crippen molar-refractivity contribution in [3.05, 3.63) is 0 Å². The highest BCUT2D eigenvalue weighted by Crippen LogP contribution is 2.12. The van der Waals surface area contributed by atoms with E-state index in [1.54, 1.807) is 6.92 Å². The molecule has 19 heavy (non-hydrogen) atoms. The first-order valence-electron chi connectivity index (χ1n) is 7.13. The summed E-state index contributed by atoms with van der Waals surface area (Å²) in [5.74, 6) is -1.46. The molecule has 114 valence electrons. The van der Waals surface area contributed by atoms with Gasteiger partial charge < -0.3 is 4.84 Å². The Bertz CT molecular complexity index is 236. The summed E-state index contributed by atoms with van der Waals surface area (Å²) in [6.07, 6.45) is 1.67. The zero-order chi connectivity index (χ0) is 15.8. The maximum atomic E-state index is 10.9. The highest BCUT2D eigenvalue weighted by atomic mass is 16.7. The molecular formula is C14H29NO4. The van der Waals surface area contributed by atoms with E-state index in [1.807, 2.05) is 27.7 Å². The number of carbonyl (C=O) groups is 3. The van der Waals surface area contributed by atoms with E-state index >= 15 is 0 Å². The van der Waals surface area contributed by atoms with Gasteiger partial charge in [-0.2, -0.15) is 0 Å². The van der Waals surface area contributed by atoms with Gasteiger partial charge in [0.25, 0.3) is 11.8 Å². The van der Waals surface area contributed by atoms with Gasteiger partial charge in [-0.05, 0) is 0 Å². The summed E-state index contributed by atoms with van der Waals surface area (Å²) in [7, 11) is 0. The van der Waals surface area contributed by atoms with Gasteiger partial charge in [0.05, 0.1) is 0 Å². The van der Waals surface area contributed by atoms with Gasteiger partial charge in [0.1, 0.15) is 0 Å². The second kappa shape index (κ2) is 16.6. The first kappa shape index (κ1) is 22.8. The van der Waals surface area contributed by atoms with Crippen LogP contribution in [0.2, 0.25) is 0 Å². The van der Waals surface area contributed by atoms with Crippen LogP contribution in [-0.4, -0.2) is 22.8 Å². The van der Waals surface area contributed by atoms with E-state index in [4.69, 9.17) is 0 Å². The van der Waals surface area contributed by atoms with Crippen LogP contribution >= 0.6 is 0 Å². The van der Waals surface area contributed by atoms with Gasteiger partial charge in [0.15, 0.2) is 0 Å². The first-order chi connectivity index (χ1) is 9.06. The smallest absolute Gasteiger partial charge is 0.330 e. The largest absolute Gasteiger partial charge is 0.332 e. The van der Waals surface area contributed by atoms with Gasteiger partial charge in [-0.3, -0.25) is 9.59 Å². The summed E-state index contributed by atoms with van der Waals surface area (Å²) in [6, 6.07) is 0. The summed E-state index contributed by atoms with van der Waals surface area (Å²) in [5.41, 5.74) is 0. The number of hydrogen-bond donors (Lipinski definition) is 0. The van der Waals surface area contributed by atoms with E-state index in [2.05, 4.69) is 18.7 Å². The van der Waals surface area contributed by atoms with Crippen molar-refractivity contribution in [1.29, 1.82) is 0 Å². The number of hydrogen-bond acceptors (Lipinski definition) is 4. The van der Waals surface area contributed by atoms with E-state index in [-0.39, 0.29) is 19.3 Å². The van der Waals surface area contributed by atoms with Crippen LogP contribution in [0.4, 0.5) is 0 Å². The Hall–Kier alpha value is -1.39. The van der Waals surface area contributed by atoms with Crippen LogP contribution in [0, 0.1) is 0 Å². The number of nitrogens with zero attached hydrogens (tertiary/aromatic N) is 1. The third-order valence-corrected chi connectivity index (χ3v) is 1.49. The number of carbonyl (C=O) groups excluding carboxylic acids is 3. The van der Waals surface area contributed by atoms with Crippen molar-refractivity contribution >= 4 is 17.8 Å². The standard InChI is InChI=1S/C7H9NO4.C3H8.2C2H6/c1-2-7(11)12-8-5(9)3-4-6(8)10;1-3-2;2*1-2/h2-4H2,1H3;3H2,1-2H3;2*1-2H3. The van der Waals surface area contributed by atoms with Crippen molar-refractivity contribution in [2.75, 3.05) is 0 Å². The molecule has 5 heteroatoms. The molecule has 0 aromatic carbocycles. The Morgan fingerprint density at radius 1 is 1.00 bits per heavy atom. The highest BCUT2D eigenvalue weighted by molar-refractivity contribution is 6.01. The monoisotopic (exact) mass is 275 g/mol. The molecule has 0 aromatic rings.